The number of ether oxygens (including phenoxy) is 1. The lowest BCUT2D eigenvalue weighted by Gasteiger charge is -2.25. The largest absolute Gasteiger partial charge is 0.489 e. The van der Waals surface area contributed by atoms with Crippen LogP contribution >= 0.6 is 0 Å². The molecule has 1 fully saturated rings. The molecule has 0 saturated heterocycles. The lowest BCUT2D eigenvalue weighted by atomic mass is 9.84. The van der Waals surface area contributed by atoms with Crippen LogP contribution in [-0.4, -0.2) is 27.9 Å². The molecule has 0 atom stereocenters. The van der Waals surface area contributed by atoms with Gasteiger partial charge in [0.15, 0.2) is 5.65 Å². The van der Waals surface area contributed by atoms with Crippen molar-refractivity contribution in [1.82, 2.24) is 14.6 Å². The summed E-state index contributed by atoms with van der Waals surface area (Å²) in [7, 11) is 1.78. The molecule has 0 unspecified atom stereocenters. The fourth-order valence-electron chi connectivity index (χ4n) is 4.66. The van der Waals surface area contributed by atoms with Crippen molar-refractivity contribution < 1.29 is 4.74 Å². The molecule has 1 aliphatic carbocycles. The number of fused-ring (bicyclic) bond motifs is 1. The zero-order valence-electron chi connectivity index (χ0n) is 18.4. The smallest absolute Gasteiger partial charge is 0.164 e. The molecule has 2 aromatic carbocycles. The van der Waals surface area contributed by atoms with Crippen molar-refractivity contribution in [3.63, 3.8) is 0 Å². The maximum absolute atomic E-state index is 5.98. The Morgan fingerprint density at radius 1 is 1.00 bits per heavy atom. The molecule has 1 aliphatic rings. The van der Waals surface area contributed by atoms with Gasteiger partial charge in [0.05, 0.1) is 17.5 Å². The first kappa shape index (κ1) is 20.4. The summed E-state index contributed by atoms with van der Waals surface area (Å²) in [5, 5.41) is 4.72. The van der Waals surface area contributed by atoms with E-state index in [1.54, 1.807) is 7.05 Å². The number of hydrogen-bond acceptors (Lipinski definition) is 4. The van der Waals surface area contributed by atoms with Crippen molar-refractivity contribution in [3.05, 3.63) is 83.8 Å². The quantitative estimate of drug-likeness (QED) is 0.353. The van der Waals surface area contributed by atoms with Crippen molar-refractivity contribution in [2.45, 2.75) is 44.6 Å². The van der Waals surface area contributed by atoms with Gasteiger partial charge in [0.25, 0.3) is 0 Å². The molecule has 5 nitrogen and oxygen atoms in total. The van der Waals surface area contributed by atoms with Gasteiger partial charge in [0, 0.05) is 30.9 Å². The second kappa shape index (κ2) is 9.35. The molecule has 5 rings (SSSR count). The van der Waals surface area contributed by atoms with Crippen LogP contribution in [0, 0.1) is 0 Å². The normalized spacial score (nSPS) is 14.9. The van der Waals surface area contributed by atoms with Crippen LogP contribution in [0.15, 0.2) is 72.0 Å². The molecule has 0 amide bonds. The lowest BCUT2D eigenvalue weighted by Crippen LogP contribution is -2.12. The van der Waals surface area contributed by atoms with Gasteiger partial charge in [-0.3, -0.25) is 4.99 Å². The molecule has 32 heavy (non-hydrogen) atoms. The molecule has 0 bridgehead atoms. The molecule has 0 spiro atoms. The fraction of sp³-hybridized carbons (Fsp3) is 0.296. The number of benzene rings is 2. The SMILES string of the molecule is CN=Cc1cnn2c(C3CCCCC3)c(-c3ccc(OCc4ccccc4)cc3)cnc12. The summed E-state index contributed by atoms with van der Waals surface area (Å²) in [6, 6.07) is 18.6. The van der Waals surface area contributed by atoms with Crippen LogP contribution in [0.25, 0.3) is 16.8 Å². The molecule has 4 aromatic rings. The Labute approximate surface area is 188 Å². The highest BCUT2D eigenvalue weighted by atomic mass is 16.5. The van der Waals surface area contributed by atoms with E-state index in [0.29, 0.717) is 12.5 Å². The zero-order chi connectivity index (χ0) is 21.8. The second-order valence-electron chi connectivity index (χ2n) is 8.41. The summed E-state index contributed by atoms with van der Waals surface area (Å²) in [6.45, 7) is 0.566. The van der Waals surface area contributed by atoms with Crippen LogP contribution in [0.4, 0.5) is 0 Å². The van der Waals surface area contributed by atoms with Gasteiger partial charge in [-0.25, -0.2) is 9.50 Å². The third kappa shape index (κ3) is 4.15. The van der Waals surface area contributed by atoms with Gasteiger partial charge in [0.2, 0.25) is 0 Å². The number of rotatable bonds is 6. The van der Waals surface area contributed by atoms with E-state index in [4.69, 9.17) is 14.8 Å². The summed E-state index contributed by atoms with van der Waals surface area (Å²) in [4.78, 5) is 8.94. The van der Waals surface area contributed by atoms with Gasteiger partial charge in [-0.05, 0) is 36.1 Å². The Balaban J connectivity index is 1.48. The molecule has 5 heteroatoms. The summed E-state index contributed by atoms with van der Waals surface area (Å²) < 4.78 is 8.03. The molecule has 2 aromatic heterocycles. The van der Waals surface area contributed by atoms with E-state index in [9.17, 15) is 0 Å². The second-order valence-corrected chi connectivity index (χ2v) is 8.41. The van der Waals surface area contributed by atoms with Crippen molar-refractivity contribution in [3.8, 4) is 16.9 Å². The van der Waals surface area contributed by atoms with E-state index >= 15 is 0 Å². The Hall–Kier alpha value is -3.47. The average molecular weight is 425 g/mol. The van der Waals surface area contributed by atoms with E-state index in [1.807, 2.05) is 53.5 Å². The third-order valence-electron chi connectivity index (χ3n) is 6.26. The predicted molar refractivity (Wildman–Crippen MR) is 129 cm³/mol. The minimum absolute atomic E-state index is 0.490. The number of nitrogens with zero attached hydrogens (tertiary/aromatic N) is 4. The molecule has 0 N–H and O–H groups in total. The van der Waals surface area contributed by atoms with Gasteiger partial charge in [-0.2, -0.15) is 5.10 Å². The predicted octanol–water partition coefficient (Wildman–Crippen LogP) is 6.07. The van der Waals surface area contributed by atoms with Crippen molar-refractivity contribution in [2.24, 2.45) is 4.99 Å². The van der Waals surface area contributed by atoms with Crippen molar-refractivity contribution >= 4 is 11.9 Å². The van der Waals surface area contributed by atoms with Gasteiger partial charge < -0.3 is 4.74 Å². The molecule has 0 aliphatic heterocycles. The Morgan fingerprint density at radius 2 is 1.78 bits per heavy atom. The van der Waals surface area contributed by atoms with E-state index in [2.05, 4.69) is 29.3 Å². The topological polar surface area (TPSA) is 51.8 Å². The summed E-state index contributed by atoms with van der Waals surface area (Å²) in [5.41, 5.74) is 6.57. The van der Waals surface area contributed by atoms with Gasteiger partial charge in [-0.1, -0.05) is 61.7 Å². The van der Waals surface area contributed by atoms with Crippen LogP contribution in [0.5, 0.6) is 5.75 Å². The summed E-state index contributed by atoms with van der Waals surface area (Å²) in [5.74, 6) is 1.36. The minimum Gasteiger partial charge on any atom is -0.489 e. The highest BCUT2D eigenvalue weighted by Gasteiger charge is 2.24. The third-order valence-corrected chi connectivity index (χ3v) is 6.26. The van der Waals surface area contributed by atoms with Crippen LogP contribution < -0.4 is 4.74 Å². The van der Waals surface area contributed by atoms with Crippen molar-refractivity contribution in [1.29, 1.82) is 0 Å². The maximum Gasteiger partial charge on any atom is 0.164 e. The maximum atomic E-state index is 5.98. The van der Waals surface area contributed by atoms with Crippen LogP contribution in [-0.2, 0) is 6.61 Å². The zero-order valence-corrected chi connectivity index (χ0v) is 18.4. The van der Waals surface area contributed by atoms with Gasteiger partial charge >= 0.3 is 0 Å². The van der Waals surface area contributed by atoms with E-state index in [1.165, 1.54) is 37.8 Å². The van der Waals surface area contributed by atoms with E-state index in [0.717, 1.165) is 33.7 Å². The first-order chi connectivity index (χ1) is 15.8. The first-order valence-electron chi connectivity index (χ1n) is 11.4. The molecular weight excluding hydrogens is 396 g/mol. The van der Waals surface area contributed by atoms with E-state index in [-0.39, 0.29) is 0 Å². The highest BCUT2D eigenvalue weighted by Crippen LogP contribution is 2.38. The highest BCUT2D eigenvalue weighted by molar-refractivity contribution is 5.87. The monoisotopic (exact) mass is 424 g/mol. The van der Waals surface area contributed by atoms with Crippen LogP contribution in [0.2, 0.25) is 0 Å². The molecule has 162 valence electrons. The Bertz CT molecular complexity index is 1210. The van der Waals surface area contributed by atoms with Crippen molar-refractivity contribution in [2.75, 3.05) is 7.05 Å². The standard InChI is InChI=1S/C27H28N4O/c1-28-16-23-17-30-31-26(22-10-6-3-7-11-22)25(18-29-27(23)31)21-12-14-24(15-13-21)32-19-20-8-4-2-5-9-20/h2,4-5,8-9,12-18,22H,3,6-7,10-11,19H2,1H3. The van der Waals surface area contributed by atoms with Gasteiger partial charge in [-0.15, -0.1) is 0 Å². The molecule has 2 heterocycles. The summed E-state index contributed by atoms with van der Waals surface area (Å²) >= 11 is 0. The molecule has 1 saturated carbocycles. The Morgan fingerprint density at radius 3 is 2.53 bits per heavy atom. The molecule has 0 radical (unpaired) electrons. The molecular formula is C27H28N4O. The average Bonchev–Trinajstić information content (AvgIpc) is 3.27. The lowest BCUT2D eigenvalue weighted by molar-refractivity contribution is 0.306. The summed E-state index contributed by atoms with van der Waals surface area (Å²) in [6.07, 6.45) is 12.0. The number of hydrogen-bond donors (Lipinski definition) is 0. The van der Waals surface area contributed by atoms with Gasteiger partial charge in [0.1, 0.15) is 12.4 Å². The van der Waals surface area contributed by atoms with Crippen LogP contribution in [0.3, 0.4) is 0 Å². The first-order valence-corrected chi connectivity index (χ1v) is 11.4. The Kier molecular flexibility index (Phi) is 5.97. The number of aromatic nitrogens is 3. The van der Waals surface area contributed by atoms with Crippen LogP contribution in [0.1, 0.15) is 54.8 Å². The fourth-order valence-corrected chi connectivity index (χ4v) is 4.66. The number of aliphatic imine (C=N–C) groups is 1. The minimum atomic E-state index is 0.490. The van der Waals surface area contributed by atoms with E-state index < -0.39 is 0 Å².